The zero-order valence-electron chi connectivity index (χ0n) is 26.1. The number of aryl methyl sites for hydroxylation is 1. The molecule has 0 fully saturated rings. The third-order valence-electron chi connectivity index (χ3n) is 7.51. The number of rotatable bonds is 13. The van der Waals surface area contributed by atoms with Crippen molar-refractivity contribution >= 4 is 40.1 Å². The molecule has 5 rings (SSSR count). The summed E-state index contributed by atoms with van der Waals surface area (Å²) in [6, 6.07) is 24.8. The number of thioether (sulfide) groups is 1. The van der Waals surface area contributed by atoms with Crippen LogP contribution < -0.4 is 14.8 Å². The van der Waals surface area contributed by atoms with Crippen molar-refractivity contribution in [3.63, 3.8) is 0 Å². The van der Waals surface area contributed by atoms with Crippen LogP contribution in [0.4, 0.5) is 5.69 Å². The highest BCUT2D eigenvalue weighted by atomic mass is 32.2. The largest absolute Gasteiger partial charge is 0.496 e. The van der Waals surface area contributed by atoms with Crippen molar-refractivity contribution in [1.29, 1.82) is 0 Å². The van der Waals surface area contributed by atoms with Crippen LogP contribution in [0.2, 0.25) is 0 Å². The average molecular weight is 652 g/mol. The molecule has 4 aromatic carbocycles. The number of nitrogens with zero attached hydrogens (tertiary/aromatic N) is 2. The van der Waals surface area contributed by atoms with Gasteiger partial charge in [0.05, 0.1) is 31.1 Å². The molecule has 0 aliphatic heterocycles. The van der Waals surface area contributed by atoms with Gasteiger partial charge in [-0.25, -0.2) is 4.79 Å². The van der Waals surface area contributed by atoms with E-state index in [0.717, 1.165) is 37.9 Å². The summed E-state index contributed by atoms with van der Waals surface area (Å²) in [7, 11) is 2.88. The first kappa shape index (κ1) is 33.0. The lowest BCUT2D eigenvalue weighted by atomic mass is 9.99. The SMILES string of the molecule is COC(=O)[C@H](Cc1ccc(C)c(OC)c1)NC(=O)CSc1ccc2ccccc2c1-c1cncc(OCc2cccc([N+](=O)[O-])c2)c1. The number of nitro benzene ring substituents is 1. The fourth-order valence-corrected chi connectivity index (χ4v) is 6.08. The normalized spacial score (nSPS) is 11.5. The first-order valence-corrected chi connectivity index (χ1v) is 15.7. The van der Waals surface area contributed by atoms with Crippen LogP contribution in [0, 0.1) is 17.0 Å². The zero-order valence-corrected chi connectivity index (χ0v) is 26.9. The van der Waals surface area contributed by atoms with E-state index >= 15 is 0 Å². The van der Waals surface area contributed by atoms with E-state index in [9.17, 15) is 19.7 Å². The van der Waals surface area contributed by atoms with Crippen LogP contribution >= 0.6 is 11.8 Å². The maximum atomic E-state index is 13.2. The van der Waals surface area contributed by atoms with Crippen molar-refractivity contribution in [2.45, 2.75) is 30.9 Å². The number of carbonyl (C=O) groups is 2. The molecule has 0 bridgehead atoms. The Morgan fingerprint density at radius 3 is 2.57 bits per heavy atom. The van der Waals surface area contributed by atoms with Gasteiger partial charge < -0.3 is 19.5 Å². The lowest BCUT2D eigenvalue weighted by Crippen LogP contribution is -2.43. The maximum Gasteiger partial charge on any atom is 0.328 e. The second-order valence-electron chi connectivity index (χ2n) is 10.7. The van der Waals surface area contributed by atoms with Gasteiger partial charge >= 0.3 is 5.97 Å². The summed E-state index contributed by atoms with van der Waals surface area (Å²) in [5.41, 5.74) is 4.10. The first-order chi connectivity index (χ1) is 22.7. The van der Waals surface area contributed by atoms with Crippen LogP contribution in [-0.2, 0) is 27.4 Å². The Bertz CT molecular complexity index is 1930. The van der Waals surface area contributed by atoms with E-state index in [4.69, 9.17) is 14.2 Å². The average Bonchev–Trinajstić information content (AvgIpc) is 3.09. The highest BCUT2D eigenvalue weighted by Gasteiger charge is 2.23. The van der Waals surface area contributed by atoms with E-state index in [1.165, 1.54) is 31.0 Å². The van der Waals surface area contributed by atoms with Crippen LogP contribution in [0.1, 0.15) is 16.7 Å². The van der Waals surface area contributed by atoms with Gasteiger partial charge in [-0.2, -0.15) is 0 Å². The molecule has 0 saturated heterocycles. The van der Waals surface area contributed by atoms with Gasteiger partial charge in [-0.3, -0.25) is 19.9 Å². The van der Waals surface area contributed by atoms with Gasteiger partial charge in [-0.15, -0.1) is 11.8 Å². The topological polar surface area (TPSA) is 130 Å². The fraction of sp³-hybridized carbons (Fsp3) is 0.194. The third-order valence-corrected chi connectivity index (χ3v) is 8.57. The number of ether oxygens (including phenoxy) is 3. The molecule has 1 N–H and O–H groups in total. The molecule has 47 heavy (non-hydrogen) atoms. The molecule has 0 spiro atoms. The lowest BCUT2D eigenvalue weighted by molar-refractivity contribution is -0.384. The molecule has 1 amide bonds. The summed E-state index contributed by atoms with van der Waals surface area (Å²) in [4.78, 5) is 41.8. The van der Waals surface area contributed by atoms with Gasteiger partial charge in [-0.05, 0) is 52.6 Å². The predicted molar refractivity (Wildman–Crippen MR) is 181 cm³/mol. The number of nitro groups is 1. The number of hydrogen-bond donors (Lipinski definition) is 1. The fourth-order valence-electron chi connectivity index (χ4n) is 5.17. The molecule has 0 unspecified atom stereocenters. The molecule has 1 aromatic heterocycles. The summed E-state index contributed by atoms with van der Waals surface area (Å²) in [5, 5.41) is 16.0. The summed E-state index contributed by atoms with van der Waals surface area (Å²) in [5.74, 6) is 0.374. The molecule has 0 aliphatic carbocycles. The lowest BCUT2D eigenvalue weighted by Gasteiger charge is -2.18. The van der Waals surface area contributed by atoms with Crippen LogP contribution in [0.25, 0.3) is 21.9 Å². The molecular weight excluding hydrogens is 618 g/mol. The van der Waals surface area contributed by atoms with Crippen molar-refractivity contribution in [3.05, 3.63) is 124 Å². The maximum absolute atomic E-state index is 13.2. The number of fused-ring (bicyclic) bond motifs is 1. The van der Waals surface area contributed by atoms with Crippen molar-refractivity contribution in [2.75, 3.05) is 20.0 Å². The van der Waals surface area contributed by atoms with Gasteiger partial charge in [0.25, 0.3) is 5.69 Å². The number of benzene rings is 4. The Morgan fingerprint density at radius 2 is 1.79 bits per heavy atom. The number of aromatic nitrogens is 1. The number of methoxy groups -OCH3 is 2. The van der Waals surface area contributed by atoms with Gasteiger partial charge in [0.2, 0.25) is 5.91 Å². The highest BCUT2D eigenvalue weighted by Crippen LogP contribution is 2.38. The number of hydrogen-bond acceptors (Lipinski definition) is 9. The van der Waals surface area contributed by atoms with Crippen molar-refractivity contribution in [1.82, 2.24) is 10.3 Å². The van der Waals surface area contributed by atoms with Crippen LogP contribution in [0.5, 0.6) is 11.5 Å². The second kappa shape index (κ2) is 15.2. The second-order valence-corrected chi connectivity index (χ2v) is 11.7. The summed E-state index contributed by atoms with van der Waals surface area (Å²) in [6.07, 6.45) is 3.56. The van der Waals surface area contributed by atoms with Crippen molar-refractivity contribution < 1.29 is 28.7 Å². The molecule has 1 atom stereocenters. The Morgan fingerprint density at radius 1 is 0.957 bits per heavy atom. The molecule has 0 saturated carbocycles. The van der Waals surface area contributed by atoms with Crippen LogP contribution in [-0.4, -0.2) is 47.8 Å². The Hall–Kier alpha value is -5.42. The number of pyridine rings is 1. The molecular formula is C36H33N3O7S. The third kappa shape index (κ3) is 8.25. The molecule has 0 radical (unpaired) electrons. The van der Waals surface area contributed by atoms with Crippen molar-refractivity contribution in [3.8, 4) is 22.6 Å². The van der Waals surface area contributed by atoms with E-state index in [1.54, 1.807) is 31.6 Å². The highest BCUT2D eigenvalue weighted by molar-refractivity contribution is 8.00. The number of nitrogens with one attached hydrogen (secondary N) is 1. The first-order valence-electron chi connectivity index (χ1n) is 14.7. The number of non-ortho nitro benzene ring substituents is 1. The number of carbonyl (C=O) groups excluding carboxylic acids is 2. The molecule has 11 heteroatoms. The minimum absolute atomic E-state index is 0.00674. The molecule has 1 heterocycles. The summed E-state index contributed by atoms with van der Waals surface area (Å²) < 4.78 is 16.4. The smallest absolute Gasteiger partial charge is 0.328 e. The Labute approximate surface area is 276 Å². The minimum atomic E-state index is -0.874. The molecule has 10 nitrogen and oxygen atoms in total. The van der Waals surface area contributed by atoms with Crippen LogP contribution in [0.3, 0.4) is 0 Å². The van der Waals surface area contributed by atoms with Crippen LogP contribution in [0.15, 0.2) is 102 Å². The van der Waals surface area contributed by atoms with Gasteiger partial charge in [0.15, 0.2) is 0 Å². The van der Waals surface area contributed by atoms with E-state index in [0.29, 0.717) is 17.1 Å². The van der Waals surface area contributed by atoms with E-state index < -0.39 is 16.9 Å². The van der Waals surface area contributed by atoms with E-state index in [1.807, 2.05) is 67.6 Å². The van der Waals surface area contributed by atoms with Gasteiger partial charge in [0, 0.05) is 40.8 Å². The van der Waals surface area contributed by atoms with Gasteiger partial charge in [-0.1, -0.05) is 54.6 Å². The molecule has 240 valence electrons. The standard InChI is InChI=1S/C36H33N3O7S/c1-23-11-12-24(17-32(23)44-2)16-31(36(41)45-3)38-34(40)22-47-33-14-13-26-8-4-5-10-30(26)35(33)27-18-29(20-37-19-27)46-21-25-7-6-9-28(15-25)39(42)43/h4-15,17-20,31H,16,21-22H2,1-3H3,(H,38,40)/t31-/m0/s1. The van der Waals surface area contributed by atoms with Gasteiger partial charge in [0.1, 0.15) is 24.1 Å². The van der Waals surface area contributed by atoms with E-state index in [-0.39, 0.29) is 30.4 Å². The predicted octanol–water partition coefficient (Wildman–Crippen LogP) is 6.70. The monoisotopic (exact) mass is 651 g/mol. The Balaban J connectivity index is 1.35. The zero-order chi connectivity index (χ0) is 33.3. The number of amides is 1. The summed E-state index contributed by atoms with van der Waals surface area (Å²) >= 11 is 1.34. The Kier molecular flexibility index (Phi) is 10.7. The summed E-state index contributed by atoms with van der Waals surface area (Å²) in [6.45, 7) is 2.06. The molecule has 0 aliphatic rings. The van der Waals surface area contributed by atoms with E-state index in [2.05, 4.69) is 10.3 Å². The molecule has 5 aromatic rings. The number of esters is 1. The minimum Gasteiger partial charge on any atom is -0.496 e. The van der Waals surface area contributed by atoms with Crippen molar-refractivity contribution in [2.24, 2.45) is 0 Å². The quantitative estimate of drug-likeness (QED) is 0.0640.